The number of ether oxygens (including phenoxy) is 3. The SMILES string of the molecule is O=C(Cc1ccc(OCCCC2CCN(C(=O)OC3(C(F)(F)F)COC3)CC2)cc1F)N1CC(CNC[C@H](O)[C@@H](O)[C@H](O)[C@H](O)CO)C1. The lowest BCUT2D eigenvalue weighted by Crippen LogP contribution is -2.64. The van der Waals surface area contributed by atoms with E-state index in [0.29, 0.717) is 64.3 Å². The lowest BCUT2D eigenvalue weighted by atomic mass is 9.92. The number of halogens is 4. The predicted octanol–water partition coefficient (Wildman–Crippen LogP) is 0.191. The molecule has 0 unspecified atom stereocenters. The summed E-state index contributed by atoms with van der Waals surface area (Å²) < 4.78 is 69.6. The zero-order chi connectivity index (χ0) is 35.1. The Balaban J connectivity index is 1.07. The average molecular weight is 696 g/mol. The fraction of sp³-hybridized carbons (Fsp3) is 0.742. The third kappa shape index (κ3) is 9.67. The molecule has 13 nitrogen and oxygen atoms in total. The van der Waals surface area contributed by atoms with Crippen LogP contribution in [-0.4, -0.2) is 149 Å². The molecule has 48 heavy (non-hydrogen) atoms. The van der Waals surface area contributed by atoms with E-state index in [4.69, 9.17) is 14.6 Å². The van der Waals surface area contributed by atoms with Gasteiger partial charge in [-0.25, -0.2) is 9.18 Å². The Labute approximate surface area is 275 Å². The maximum Gasteiger partial charge on any atom is 0.433 e. The molecule has 3 fully saturated rings. The van der Waals surface area contributed by atoms with Crippen LogP contribution in [0.2, 0.25) is 0 Å². The Morgan fingerprint density at radius 1 is 1.02 bits per heavy atom. The maximum atomic E-state index is 14.7. The minimum atomic E-state index is -4.69. The Morgan fingerprint density at radius 2 is 1.69 bits per heavy atom. The van der Waals surface area contributed by atoms with E-state index in [9.17, 15) is 47.6 Å². The van der Waals surface area contributed by atoms with Crippen molar-refractivity contribution >= 4 is 12.0 Å². The maximum absolute atomic E-state index is 14.7. The fourth-order valence-electron chi connectivity index (χ4n) is 5.82. The molecule has 1 aromatic rings. The molecule has 0 bridgehead atoms. The van der Waals surface area contributed by atoms with Crippen molar-refractivity contribution in [2.75, 3.05) is 65.7 Å². The monoisotopic (exact) mass is 695 g/mol. The standard InChI is InChI=1S/C31H45F4N3O10/c32-23-11-22(47-9-1-2-19-5-7-37(8-6-19)29(45)48-30(17-46-18-30)31(33,34)35)4-3-21(23)10-26(42)38-14-20(15-38)12-36-13-24(40)27(43)28(44)25(41)16-39/h3-4,11,19-20,24-25,27-28,36,39-41,43-44H,1-2,5-10,12-18H2/t24-,25+,27+,28+/m0/s1. The van der Waals surface area contributed by atoms with Gasteiger partial charge in [-0.15, -0.1) is 0 Å². The Hall–Kier alpha value is -2.80. The van der Waals surface area contributed by atoms with Crippen LogP contribution in [0.1, 0.15) is 31.2 Å². The van der Waals surface area contributed by atoms with Gasteiger partial charge in [0.25, 0.3) is 5.60 Å². The minimum Gasteiger partial charge on any atom is -0.493 e. The van der Waals surface area contributed by atoms with Crippen molar-refractivity contribution < 1.29 is 66.9 Å². The molecule has 3 aliphatic rings. The summed E-state index contributed by atoms with van der Waals surface area (Å²) in [5, 5.41) is 50.6. The third-order valence-electron chi connectivity index (χ3n) is 9.16. The Bertz CT molecular complexity index is 1210. The first-order chi connectivity index (χ1) is 22.7. The van der Waals surface area contributed by atoms with E-state index in [0.717, 1.165) is 6.42 Å². The molecule has 2 amide bonds. The van der Waals surface area contributed by atoms with Gasteiger partial charge < -0.3 is 54.9 Å². The lowest BCUT2D eigenvalue weighted by Gasteiger charge is -2.43. The average Bonchev–Trinajstić information content (AvgIpc) is 3.01. The Kier molecular flexibility index (Phi) is 13.3. The summed E-state index contributed by atoms with van der Waals surface area (Å²) in [7, 11) is 0. The number of carbonyl (C=O) groups is 2. The number of amides is 2. The first-order valence-corrected chi connectivity index (χ1v) is 16.1. The molecule has 0 aromatic heterocycles. The van der Waals surface area contributed by atoms with Crippen LogP contribution in [0.3, 0.4) is 0 Å². The zero-order valence-electron chi connectivity index (χ0n) is 26.5. The summed E-state index contributed by atoms with van der Waals surface area (Å²) >= 11 is 0. The van der Waals surface area contributed by atoms with Gasteiger partial charge in [-0.2, -0.15) is 13.2 Å². The first-order valence-electron chi connectivity index (χ1n) is 16.1. The molecular formula is C31H45F4N3O10. The molecule has 0 spiro atoms. The molecule has 3 aliphatic heterocycles. The number of rotatable bonds is 16. The van der Waals surface area contributed by atoms with Crippen LogP contribution >= 0.6 is 0 Å². The van der Waals surface area contributed by atoms with Crippen LogP contribution in [0.25, 0.3) is 0 Å². The van der Waals surface area contributed by atoms with Gasteiger partial charge in [0.2, 0.25) is 5.91 Å². The van der Waals surface area contributed by atoms with Gasteiger partial charge >= 0.3 is 12.3 Å². The second-order valence-corrected chi connectivity index (χ2v) is 12.8. The van der Waals surface area contributed by atoms with Crippen molar-refractivity contribution in [1.82, 2.24) is 15.1 Å². The molecule has 4 rings (SSSR count). The van der Waals surface area contributed by atoms with E-state index in [1.54, 1.807) is 11.0 Å². The third-order valence-corrected chi connectivity index (χ3v) is 9.16. The number of aliphatic hydroxyl groups excluding tert-OH is 5. The summed E-state index contributed by atoms with van der Waals surface area (Å²) in [6.07, 6.45) is -9.47. The van der Waals surface area contributed by atoms with E-state index in [1.165, 1.54) is 17.0 Å². The lowest BCUT2D eigenvalue weighted by molar-refractivity contribution is -0.333. The van der Waals surface area contributed by atoms with Crippen LogP contribution in [-0.2, 0) is 20.7 Å². The molecule has 0 saturated carbocycles. The van der Waals surface area contributed by atoms with Crippen molar-refractivity contribution in [3.8, 4) is 5.75 Å². The van der Waals surface area contributed by atoms with Gasteiger partial charge in [-0.3, -0.25) is 4.79 Å². The Morgan fingerprint density at radius 3 is 2.27 bits per heavy atom. The zero-order valence-corrected chi connectivity index (χ0v) is 26.5. The van der Waals surface area contributed by atoms with Crippen molar-refractivity contribution in [2.45, 2.75) is 68.3 Å². The molecule has 272 valence electrons. The summed E-state index contributed by atoms with van der Waals surface area (Å²) in [4.78, 5) is 27.8. The minimum absolute atomic E-state index is 0.0774. The summed E-state index contributed by atoms with van der Waals surface area (Å²) in [6.45, 7) is -0.0561. The van der Waals surface area contributed by atoms with E-state index in [2.05, 4.69) is 10.1 Å². The van der Waals surface area contributed by atoms with Crippen LogP contribution < -0.4 is 10.1 Å². The molecule has 3 heterocycles. The number of hydrogen-bond acceptors (Lipinski definition) is 11. The summed E-state index contributed by atoms with van der Waals surface area (Å²) in [5.41, 5.74) is -2.34. The number of alkyl halides is 3. The van der Waals surface area contributed by atoms with Gasteiger partial charge in [0.15, 0.2) is 0 Å². The van der Waals surface area contributed by atoms with Gasteiger partial charge in [0.1, 0.15) is 29.9 Å². The smallest absolute Gasteiger partial charge is 0.433 e. The van der Waals surface area contributed by atoms with Crippen LogP contribution in [0, 0.1) is 17.7 Å². The normalized spacial score (nSPS) is 21.1. The van der Waals surface area contributed by atoms with E-state index in [-0.39, 0.29) is 36.3 Å². The van der Waals surface area contributed by atoms with Crippen LogP contribution in [0.5, 0.6) is 5.75 Å². The predicted molar refractivity (Wildman–Crippen MR) is 159 cm³/mol. The molecule has 17 heteroatoms. The number of hydrogen-bond donors (Lipinski definition) is 6. The second kappa shape index (κ2) is 16.7. The summed E-state index contributed by atoms with van der Waals surface area (Å²) in [5.74, 6) is -0.156. The molecule has 4 atom stereocenters. The van der Waals surface area contributed by atoms with Crippen molar-refractivity contribution in [3.05, 3.63) is 29.6 Å². The van der Waals surface area contributed by atoms with Crippen molar-refractivity contribution in [1.29, 1.82) is 0 Å². The topological polar surface area (TPSA) is 181 Å². The molecular weight excluding hydrogens is 650 g/mol. The quantitative estimate of drug-likeness (QED) is 0.103. The van der Waals surface area contributed by atoms with E-state index in [1.807, 2.05) is 0 Å². The number of benzene rings is 1. The van der Waals surface area contributed by atoms with Gasteiger partial charge in [0.05, 0.1) is 39.0 Å². The number of nitrogens with one attached hydrogen (secondary N) is 1. The first kappa shape index (κ1) is 38.0. The fourth-order valence-corrected chi connectivity index (χ4v) is 5.82. The van der Waals surface area contributed by atoms with Crippen LogP contribution in [0.4, 0.5) is 22.4 Å². The molecule has 0 radical (unpaired) electrons. The van der Waals surface area contributed by atoms with Crippen molar-refractivity contribution in [3.63, 3.8) is 0 Å². The van der Waals surface area contributed by atoms with Crippen molar-refractivity contribution in [2.24, 2.45) is 11.8 Å². The number of piperidine rings is 1. The number of carbonyl (C=O) groups excluding carboxylic acids is 2. The molecule has 3 saturated heterocycles. The highest BCUT2D eigenvalue weighted by Crippen LogP contribution is 2.40. The highest BCUT2D eigenvalue weighted by atomic mass is 19.4. The second-order valence-electron chi connectivity index (χ2n) is 12.8. The van der Waals surface area contributed by atoms with Gasteiger partial charge in [-0.1, -0.05) is 6.07 Å². The highest BCUT2D eigenvalue weighted by Gasteiger charge is 2.64. The van der Waals surface area contributed by atoms with E-state index >= 15 is 0 Å². The van der Waals surface area contributed by atoms with Crippen LogP contribution in [0.15, 0.2) is 18.2 Å². The number of likely N-dealkylation sites (tertiary alicyclic amines) is 2. The number of aliphatic hydroxyl groups is 5. The highest BCUT2D eigenvalue weighted by molar-refractivity contribution is 5.79. The van der Waals surface area contributed by atoms with Gasteiger partial charge in [0, 0.05) is 51.3 Å². The largest absolute Gasteiger partial charge is 0.493 e. The number of nitrogens with zero attached hydrogens (tertiary/aromatic N) is 2. The summed E-state index contributed by atoms with van der Waals surface area (Å²) in [6, 6.07) is 4.33. The van der Waals surface area contributed by atoms with E-state index < -0.39 is 67.9 Å². The van der Waals surface area contributed by atoms with Gasteiger partial charge in [-0.05, 0) is 43.2 Å². The molecule has 6 N–H and O–H groups in total. The molecule has 1 aromatic carbocycles. The molecule has 0 aliphatic carbocycles.